The number of halogens is 2. The van der Waals surface area contributed by atoms with Crippen LogP contribution in [0, 0.1) is 0 Å². The summed E-state index contributed by atoms with van der Waals surface area (Å²) >= 11 is 0. The summed E-state index contributed by atoms with van der Waals surface area (Å²) in [6.45, 7) is 1.32. The fourth-order valence-electron chi connectivity index (χ4n) is 0.869. The van der Waals surface area contributed by atoms with Gasteiger partial charge in [-0.05, 0) is 6.92 Å². The van der Waals surface area contributed by atoms with Crippen molar-refractivity contribution in [2.75, 3.05) is 0 Å². The Labute approximate surface area is 69.0 Å². The molecule has 0 aliphatic carbocycles. The van der Waals surface area contributed by atoms with Crippen LogP contribution in [0.1, 0.15) is 12.6 Å². The number of rotatable bonds is 3. The molecule has 3 N–H and O–H groups in total. The topological polar surface area (TPSA) is 54.7 Å². The maximum atomic E-state index is 12.2. The third-order valence-corrected chi connectivity index (χ3v) is 1.62. The molecule has 0 aliphatic rings. The molecule has 1 aromatic rings. The first kappa shape index (κ1) is 9.12. The van der Waals surface area contributed by atoms with E-state index in [4.69, 9.17) is 5.73 Å². The van der Waals surface area contributed by atoms with Crippen LogP contribution in [0.5, 0.6) is 0 Å². The molecule has 1 aromatic heterocycles. The highest BCUT2D eigenvalue weighted by atomic mass is 19.3. The summed E-state index contributed by atoms with van der Waals surface area (Å²) in [7, 11) is 0. The van der Waals surface area contributed by atoms with Crippen molar-refractivity contribution in [3.05, 3.63) is 18.2 Å². The normalized spacial score (nSPS) is 16.4. The minimum atomic E-state index is -2.53. The molecule has 0 fully saturated rings. The van der Waals surface area contributed by atoms with Gasteiger partial charge in [0.05, 0.1) is 11.9 Å². The lowest BCUT2D eigenvalue weighted by Gasteiger charge is -2.22. The maximum absolute atomic E-state index is 12.2. The van der Waals surface area contributed by atoms with Crippen LogP contribution in [-0.2, 0) is 6.42 Å². The Kier molecular flexibility index (Phi) is 2.42. The number of nitrogens with two attached hydrogens (primary N) is 1. The van der Waals surface area contributed by atoms with Gasteiger partial charge in [-0.3, -0.25) is 0 Å². The largest absolute Gasteiger partial charge is 0.348 e. The van der Waals surface area contributed by atoms with Crippen molar-refractivity contribution in [2.24, 2.45) is 5.73 Å². The van der Waals surface area contributed by atoms with E-state index in [1.807, 2.05) is 0 Å². The van der Waals surface area contributed by atoms with Crippen LogP contribution in [0.25, 0.3) is 0 Å². The van der Waals surface area contributed by atoms with Gasteiger partial charge in [-0.15, -0.1) is 0 Å². The minimum Gasteiger partial charge on any atom is -0.348 e. The average Bonchev–Trinajstić information content (AvgIpc) is 2.38. The molecule has 0 aromatic carbocycles. The fourth-order valence-corrected chi connectivity index (χ4v) is 0.869. The van der Waals surface area contributed by atoms with Crippen LogP contribution in [0.15, 0.2) is 12.5 Å². The standard InChI is InChI=1S/C7H11F2N3/c1-7(10,6(8)9)2-5-3-11-4-12-5/h3-4,6H,2,10H2,1H3,(H,11,12). The van der Waals surface area contributed by atoms with Crippen molar-refractivity contribution in [3.63, 3.8) is 0 Å². The Morgan fingerprint density at radius 3 is 2.83 bits per heavy atom. The quantitative estimate of drug-likeness (QED) is 0.718. The number of hydrogen-bond acceptors (Lipinski definition) is 2. The van der Waals surface area contributed by atoms with Crippen molar-refractivity contribution >= 4 is 0 Å². The summed E-state index contributed by atoms with van der Waals surface area (Å²) in [5.74, 6) is 0. The molecule has 0 aliphatic heterocycles. The third kappa shape index (κ3) is 2.01. The molecule has 0 saturated carbocycles. The van der Waals surface area contributed by atoms with E-state index in [1.54, 1.807) is 0 Å². The Morgan fingerprint density at radius 2 is 2.42 bits per heavy atom. The first-order chi connectivity index (χ1) is 5.52. The molecule has 0 saturated heterocycles. The second-order valence-corrected chi connectivity index (χ2v) is 3.06. The molecule has 0 spiro atoms. The van der Waals surface area contributed by atoms with Crippen LogP contribution in [0.2, 0.25) is 0 Å². The van der Waals surface area contributed by atoms with Gasteiger partial charge in [0.1, 0.15) is 0 Å². The number of nitrogens with one attached hydrogen (secondary N) is 1. The van der Waals surface area contributed by atoms with Gasteiger partial charge >= 0.3 is 0 Å². The van der Waals surface area contributed by atoms with E-state index in [9.17, 15) is 8.78 Å². The molecule has 1 atom stereocenters. The Hall–Kier alpha value is -0.970. The fraction of sp³-hybridized carbons (Fsp3) is 0.571. The molecule has 1 unspecified atom stereocenters. The summed E-state index contributed by atoms with van der Waals surface area (Å²) in [4.78, 5) is 6.43. The monoisotopic (exact) mass is 175 g/mol. The molecular formula is C7H11F2N3. The lowest BCUT2D eigenvalue weighted by molar-refractivity contribution is 0.0634. The molecule has 12 heavy (non-hydrogen) atoms. The number of aromatic amines is 1. The van der Waals surface area contributed by atoms with Crippen LogP contribution in [-0.4, -0.2) is 21.9 Å². The van der Waals surface area contributed by atoms with Crippen molar-refractivity contribution in [1.82, 2.24) is 9.97 Å². The van der Waals surface area contributed by atoms with E-state index in [-0.39, 0.29) is 6.42 Å². The second kappa shape index (κ2) is 3.18. The van der Waals surface area contributed by atoms with Gasteiger partial charge < -0.3 is 10.7 Å². The van der Waals surface area contributed by atoms with E-state index in [0.717, 1.165) is 0 Å². The molecule has 1 rings (SSSR count). The van der Waals surface area contributed by atoms with Crippen molar-refractivity contribution in [1.29, 1.82) is 0 Å². The van der Waals surface area contributed by atoms with E-state index in [2.05, 4.69) is 9.97 Å². The predicted octanol–water partition coefficient (Wildman–Crippen LogP) is 0.935. The van der Waals surface area contributed by atoms with Crippen LogP contribution in [0.4, 0.5) is 8.78 Å². The smallest absolute Gasteiger partial charge is 0.256 e. The zero-order chi connectivity index (χ0) is 9.19. The van der Waals surface area contributed by atoms with Gasteiger partial charge in [0, 0.05) is 18.3 Å². The zero-order valence-electron chi connectivity index (χ0n) is 6.72. The summed E-state index contributed by atoms with van der Waals surface area (Å²) in [5.41, 5.74) is 4.50. The lowest BCUT2D eigenvalue weighted by Crippen LogP contribution is -2.45. The summed E-state index contributed by atoms with van der Waals surface area (Å²) < 4.78 is 24.5. The molecule has 0 radical (unpaired) electrons. The number of alkyl halides is 2. The van der Waals surface area contributed by atoms with E-state index in [1.165, 1.54) is 19.4 Å². The molecule has 68 valence electrons. The SMILES string of the molecule is CC(N)(Cc1cnc[nH]1)C(F)F. The van der Waals surface area contributed by atoms with Crippen LogP contribution < -0.4 is 5.73 Å². The van der Waals surface area contributed by atoms with Crippen LogP contribution in [0.3, 0.4) is 0 Å². The number of nitrogens with zero attached hydrogens (tertiary/aromatic N) is 1. The molecule has 0 bridgehead atoms. The lowest BCUT2D eigenvalue weighted by atomic mass is 9.98. The molecule has 3 nitrogen and oxygen atoms in total. The minimum absolute atomic E-state index is 0.102. The molecule has 0 amide bonds. The molecule has 5 heteroatoms. The van der Waals surface area contributed by atoms with E-state index < -0.39 is 12.0 Å². The Balaban J connectivity index is 2.62. The summed E-state index contributed by atoms with van der Waals surface area (Å²) in [5, 5.41) is 0. The highest BCUT2D eigenvalue weighted by molar-refractivity contribution is 5.02. The number of hydrogen-bond donors (Lipinski definition) is 2. The Morgan fingerprint density at radius 1 is 1.75 bits per heavy atom. The van der Waals surface area contributed by atoms with Gasteiger partial charge in [-0.25, -0.2) is 13.8 Å². The number of aromatic nitrogens is 2. The van der Waals surface area contributed by atoms with E-state index in [0.29, 0.717) is 5.69 Å². The number of imidazole rings is 1. The van der Waals surface area contributed by atoms with Gasteiger partial charge in [-0.2, -0.15) is 0 Å². The maximum Gasteiger partial charge on any atom is 0.256 e. The summed E-state index contributed by atoms with van der Waals surface area (Å²) in [6.07, 6.45) is 0.510. The van der Waals surface area contributed by atoms with Crippen molar-refractivity contribution in [3.8, 4) is 0 Å². The first-order valence-corrected chi connectivity index (χ1v) is 3.56. The average molecular weight is 175 g/mol. The zero-order valence-corrected chi connectivity index (χ0v) is 6.72. The van der Waals surface area contributed by atoms with Gasteiger partial charge in [0.25, 0.3) is 6.43 Å². The third-order valence-electron chi connectivity index (χ3n) is 1.62. The predicted molar refractivity (Wildman–Crippen MR) is 40.9 cm³/mol. The summed E-state index contributed by atoms with van der Waals surface area (Å²) in [6, 6.07) is 0. The highest BCUT2D eigenvalue weighted by Gasteiger charge is 2.30. The van der Waals surface area contributed by atoms with Gasteiger partial charge in [-0.1, -0.05) is 0 Å². The van der Waals surface area contributed by atoms with Crippen molar-refractivity contribution in [2.45, 2.75) is 25.3 Å². The van der Waals surface area contributed by atoms with Gasteiger partial charge in [0.2, 0.25) is 0 Å². The van der Waals surface area contributed by atoms with E-state index >= 15 is 0 Å². The first-order valence-electron chi connectivity index (χ1n) is 3.56. The highest BCUT2D eigenvalue weighted by Crippen LogP contribution is 2.16. The second-order valence-electron chi connectivity index (χ2n) is 3.06. The van der Waals surface area contributed by atoms with Crippen molar-refractivity contribution < 1.29 is 8.78 Å². The molecular weight excluding hydrogens is 164 g/mol. The molecule has 1 heterocycles. The number of H-pyrrole nitrogens is 1. The van der Waals surface area contributed by atoms with Crippen LogP contribution >= 0.6 is 0 Å². The Bertz CT molecular complexity index is 231. The van der Waals surface area contributed by atoms with Gasteiger partial charge in [0.15, 0.2) is 0 Å².